The number of rotatable bonds is 2. The Morgan fingerprint density at radius 2 is 2.00 bits per heavy atom. The summed E-state index contributed by atoms with van der Waals surface area (Å²) in [6.07, 6.45) is 6.52. The van der Waals surface area contributed by atoms with Crippen molar-refractivity contribution in [2.24, 2.45) is 0 Å². The molecule has 92 valence electrons. The molecule has 2 aromatic rings. The molecule has 1 aromatic carbocycles. The Bertz CT molecular complexity index is 450. The van der Waals surface area contributed by atoms with Crippen molar-refractivity contribution in [2.45, 2.75) is 25.3 Å². The van der Waals surface area contributed by atoms with Gasteiger partial charge in [-0.1, -0.05) is 30.3 Å². The van der Waals surface area contributed by atoms with Crippen LogP contribution in [0, 0.1) is 0 Å². The van der Waals surface area contributed by atoms with E-state index in [0.717, 1.165) is 12.4 Å². The summed E-state index contributed by atoms with van der Waals surface area (Å²) in [5.41, 5.74) is 1.43. The molecule has 0 saturated carbocycles. The quantitative estimate of drug-likeness (QED) is 0.807. The first-order valence-corrected chi connectivity index (χ1v) is 6.44. The Kier molecular flexibility index (Phi) is 2.97. The van der Waals surface area contributed by atoms with Crippen LogP contribution in [0.2, 0.25) is 0 Å². The highest BCUT2D eigenvalue weighted by molar-refractivity contribution is 5.41. The lowest BCUT2D eigenvalue weighted by molar-refractivity contribution is 0.631. The minimum atomic E-state index is 0.476. The number of nitrogens with zero attached hydrogens (tertiary/aromatic N) is 3. The van der Waals surface area contributed by atoms with E-state index in [0.29, 0.717) is 12.0 Å². The lowest BCUT2D eigenvalue weighted by atomic mass is 9.93. The summed E-state index contributed by atoms with van der Waals surface area (Å²) in [7, 11) is 0. The third kappa shape index (κ3) is 1.96. The minimum absolute atomic E-state index is 0.476. The highest BCUT2D eigenvalue weighted by Gasteiger charge is 2.32. The monoisotopic (exact) mass is 239 g/mol. The third-order valence-electron chi connectivity index (χ3n) is 3.83. The first kappa shape index (κ1) is 11.2. The minimum Gasteiger partial charge on any atom is -0.352 e. The van der Waals surface area contributed by atoms with Crippen LogP contribution in [0.4, 0.5) is 5.82 Å². The molecular formula is C15H17N3. The van der Waals surface area contributed by atoms with Gasteiger partial charge in [-0.05, 0) is 18.9 Å². The largest absolute Gasteiger partial charge is 0.352 e. The molecule has 1 fully saturated rings. The van der Waals surface area contributed by atoms with Crippen LogP contribution in [0.1, 0.15) is 24.8 Å². The Morgan fingerprint density at radius 1 is 1.17 bits per heavy atom. The van der Waals surface area contributed by atoms with Crippen LogP contribution in [0.15, 0.2) is 48.9 Å². The number of aromatic nitrogens is 2. The summed E-state index contributed by atoms with van der Waals surface area (Å²) >= 11 is 0. The average Bonchev–Trinajstić information content (AvgIpc) is 2.83. The maximum atomic E-state index is 4.40. The van der Waals surface area contributed by atoms with Crippen molar-refractivity contribution < 1.29 is 0 Å². The zero-order chi connectivity index (χ0) is 12.4. The fraction of sp³-hybridized carbons (Fsp3) is 0.333. The van der Waals surface area contributed by atoms with Crippen molar-refractivity contribution in [2.75, 3.05) is 11.4 Å². The van der Waals surface area contributed by atoms with Gasteiger partial charge in [-0.15, -0.1) is 0 Å². The molecule has 2 heterocycles. The van der Waals surface area contributed by atoms with E-state index in [-0.39, 0.29) is 0 Å². The fourth-order valence-corrected chi connectivity index (χ4v) is 2.85. The first-order valence-electron chi connectivity index (χ1n) is 6.44. The summed E-state index contributed by atoms with van der Waals surface area (Å²) in [5.74, 6) is 1.58. The molecule has 0 amide bonds. The van der Waals surface area contributed by atoms with E-state index in [1.54, 1.807) is 12.4 Å². The van der Waals surface area contributed by atoms with Crippen LogP contribution in [0.25, 0.3) is 0 Å². The van der Waals surface area contributed by atoms with E-state index in [4.69, 9.17) is 0 Å². The second-order valence-electron chi connectivity index (χ2n) is 4.80. The van der Waals surface area contributed by atoms with Gasteiger partial charge < -0.3 is 4.90 Å². The molecular weight excluding hydrogens is 222 g/mol. The van der Waals surface area contributed by atoms with Gasteiger partial charge in [0.05, 0.1) is 6.20 Å². The van der Waals surface area contributed by atoms with Crippen molar-refractivity contribution in [1.29, 1.82) is 0 Å². The molecule has 3 heteroatoms. The molecule has 0 N–H and O–H groups in total. The molecule has 1 aliphatic heterocycles. The number of anilines is 1. The second-order valence-corrected chi connectivity index (χ2v) is 4.80. The number of hydrogen-bond acceptors (Lipinski definition) is 3. The summed E-state index contributed by atoms with van der Waals surface area (Å²) < 4.78 is 0. The molecule has 18 heavy (non-hydrogen) atoms. The normalized spacial score (nSPS) is 23.3. The van der Waals surface area contributed by atoms with E-state index < -0.39 is 0 Å². The van der Waals surface area contributed by atoms with E-state index in [1.807, 2.05) is 6.20 Å². The van der Waals surface area contributed by atoms with E-state index in [2.05, 4.69) is 52.1 Å². The smallest absolute Gasteiger partial charge is 0.147 e. The first-order chi connectivity index (χ1) is 8.86. The van der Waals surface area contributed by atoms with E-state index in [9.17, 15) is 0 Å². The van der Waals surface area contributed by atoms with Crippen molar-refractivity contribution in [3.8, 4) is 0 Å². The van der Waals surface area contributed by atoms with E-state index >= 15 is 0 Å². The zero-order valence-corrected chi connectivity index (χ0v) is 10.5. The van der Waals surface area contributed by atoms with E-state index in [1.165, 1.54) is 12.0 Å². The van der Waals surface area contributed by atoms with Crippen molar-refractivity contribution in [3.05, 3.63) is 54.5 Å². The predicted octanol–water partition coefficient (Wildman–Crippen LogP) is 2.86. The van der Waals surface area contributed by atoms with Gasteiger partial charge in [0.15, 0.2) is 0 Å². The second kappa shape index (κ2) is 4.77. The zero-order valence-electron chi connectivity index (χ0n) is 10.5. The Morgan fingerprint density at radius 3 is 2.72 bits per heavy atom. The molecule has 1 saturated heterocycles. The Hall–Kier alpha value is -1.90. The molecule has 0 aliphatic carbocycles. The van der Waals surface area contributed by atoms with Crippen molar-refractivity contribution in [3.63, 3.8) is 0 Å². The van der Waals surface area contributed by atoms with Gasteiger partial charge in [0.25, 0.3) is 0 Å². The molecule has 0 bridgehead atoms. The van der Waals surface area contributed by atoms with Crippen LogP contribution in [-0.4, -0.2) is 22.6 Å². The maximum absolute atomic E-state index is 4.40. The molecule has 3 nitrogen and oxygen atoms in total. The van der Waals surface area contributed by atoms with Crippen molar-refractivity contribution in [1.82, 2.24) is 9.97 Å². The SMILES string of the molecule is C[C@@H]1[C@@H](c2ccccc2)CCN1c1cnccn1. The van der Waals surface area contributed by atoms with Crippen LogP contribution < -0.4 is 4.90 Å². The maximum Gasteiger partial charge on any atom is 0.147 e. The number of hydrogen-bond donors (Lipinski definition) is 0. The summed E-state index contributed by atoms with van der Waals surface area (Å²) in [4.78, 5) is 10.9. The van der Waals surface area contributed by atoms with Gasteiger partial charge in [-0.2, -0.15) is 0 Å². The van der Waals surface area contributed by atoms with Crippen LogP contribution in [0.5, 0.6) is 0 Å². The fourth-order valence-electron chi connectivity index (χ4n) is 2.85. The highest BCUT2D eigenvalue weighted by Crippen LogP contribution is 2.35. The molecule has 2 atom stereocenters. The number of benzene rings is 1. The van der Waals surface area contributed by atoms with Gasteiger partial charge >= 0.3 is 0 Å². The van der Waals surface area contributed by atoms with Gasteiger partial charge in [0, 0.05) is 30.9 Å². The standard InChI is InChI=1S/C15H17N3/c1-12-14(13-5-3-2-4-6-13)7-10-18(12)15-11-16-8-9-17-15/h2-6,8-9,11-12,14H,7,10H2,1H3/t12-,14+/m1/s1. The van der Waals surface area contributed by atoms with Crippen molar-refractivity contribution >= 4 is 5.82 Å². The van der Waals surface area contributed by atoms with Gasteiger partial charge in [-0.3, -0.25) is 4.98 Å². The summed E-state index contributed by atoms with van der Waals surface area (Å²) in [5, 5.41) is 0. The molecule has 0 spiro atoms. The average molecular weight is 239 g/mol. The molecule has 0 unspecified atom stereocenters. The third-order valence-corrected chi connectivity index (χ3v) is 3.83. The molecule has 3 rings (SSSR count). The summed E-state index contributed by atoms with van der Waals surface area (Å²) in [6.45, 7) is 3.33. The van der Waals surface area contributed by atoms with Crippen LogP contribution >= 0.6 is 0 Å². The lowest BCUT2D eigenvalue weighted by Gasteiger charge is -2.25. The molecule has 0 radical (unpaired) electrons. The topological polar surface area (TPSA) is 29.0 Å². The molecule has 1 aromatic heterocycles. The highest BCUT2D eigenvalue weighted by atomic mass is 15.2. The lowest BCUT2D eigenvalue weighted by Crippen LogP contribution is -2.29. The Balaban J connectivity index is 1.83. The summed E-state index contributed by atoms with van der Waals surface area (Å²) in [6, 6.07) is 11.2. The van der Waals surface area contributed by atoms with Gasteiger partial charge in [-0.25, -0.2) is 4.98 Å². The van der Waals surface area contributed by atoms with Crippen LogP contribution in [-0.2, 0) is 0 Å². The Labute approximate surface area is 108 Å². The van der Waals surface area contributed by atoms with Gasteiger partial charge in [0.2, 0.25) is 0 Å². The molecule has 1 aliphatic rings. The van der Waals surface area contributed by atoms with Gasteiger partial charge in [0.1, 0.15) is 5.82 Å². The predicted molar refractivity (Wildman–Crippen MR) is 72.6 cm³/mol. The van der Waals surface area contributed by atoms with Crippen LogP contribution in [0.3, 0.4) is 0 Å².